The van der Waals surface area contributed by atoms with Crippen LogP contribution in [0.3, 0.4) is 0 Å². The quantitative estimate of drug-likeness (QED) is 0.816. The predicted molar refractivity (Wildman–Crippen MR) is 84.4 cm³/mol. The lowest BCUT2D eigenvalue weighted by Crippen LogP contribution is -2.36. The van der Waals surface area contributed by atoms with E-state index in [1.807, 2.05) is 24.0 Å². The van der Waals surface area contributed by atoms with Crippen molar-refractivity contribution >= 4 is 17.5 Å². The minimum absolute atomic E-state index is 0.0410. The summed E-state index contributed by atoms with van der Waals surface area (Å²) in [7, 11) is 3.48. The molecule has 0 N–H and O–H groups in total. The van der Waals surface area contributed by atoms with E-state index >= 15 is 0 Å². The van der Waals surface area contributed by atoms with Crippen molar-refractivity contribution in [3.63, 3.8) is 0 Å². The number of aromatic nitrogens is 2. The zero-order valence-electron chi connectivity index (χ0n) is 12.9. The van der Waals surface area contributed by atoms with Crippen molar-refractivity contribution in [1.82, 2.24) is 19.9 Å². The summed E-state index contributed by atoms with van der Waals surface area (Å²) >= 11 is 5.86. The number of hydrogen-bond acceptors (Lipinski definition) is 5. The van der Waals surface area contributed by atoms with Gasteiger partial charge in [-0.05, 0) is 30.8 Å². The molecule has 0 spiro atoms. The summed E-state index contributed by atoms with van der Waals surface area (Å²) in [5.74, 6) is 1.04. The van der Waals surface area contributed by atoms with Crippen LogP contribution in [0.25, 0.3) is 11.4 Å². The highest BCUT2D eigenvalue weighted by Crippen LogP contribution is 2.19. The molecule has 0 aliphatic heterocycles. The van der Waals surface area contributed by atoms with E-state index in [0.29, 0.717) is 29.8 Å². The summed E-state index contributed by atoms with van der Waals surface area (Å²) in [6.07, 6.45) is 0. The fourth-order valence-corrected chi connectivity index (χ4v) is 1.96. The molecule has 0 saturated heterocycles. The minimum atomic E-state index is 0.0410. The number of carbonyl (C=O) groups is 1. The molecule has 2 aromatic rings. The number of rotatable bonds is 6. The number of carbonyl (C=O) groups excluding carboxylic acids is 1. The Kier molecular flexibility index (Phi) is 5.51. The highest BCUT2D eigenvalue weighted by molar-refractivity contribution is 6.30. The second kappa shape index (κ2) is 7.38. The highest BCUT2D eigenvalue weighted by Gasteiger charge is 2.15. The van der Waals surface area contributed by atoms with Gasteiger partial charge in [0.25, 0.3) is 0 Å². The lowest BCUT2D eigenvalue weighted by Gasteiger charge is -2.19. The van der Waals surface area contributed by atoms with E-state index in [9.17, 15) is 4.79 Å². The number of benzene rings is 1. The van der Waals surface area contributed by atoms with Gasteiger partial charge < -0.3 is 9.42 Å². The van der Waals surface area contributed by atoms with E-state index in [4.69, 9.17) is 16.1 Å². The maximum Gasteiger partial charge on any atom is 0.241 e. The van der Waals surface area contributed by atoms with E-state index in [2.05, 4.69) is 10.1 Å². The molecule has 1 amide bonds. The van der Waals surface area contributed by atoms with Crippen molar-refractivity contribution in [3.05, 3.63) is 35.2 Å². The molecule has 1 heterocycles. The van der Waals surface area contributed by atoms with E-state index < -0.39 is 0 Å². The molecule has 22 heavy (non-hydrogen) atoms. The number of nitrogens with zero attached hydrogens (tertiary/aromatic N) is 4. The summed E-state index contributed by atoms with van der Waals surface area (Å²) in [4.78, 5) is 19.6. The van der Waals surface area contributed by atoms with Gasteiger partial charge in [-0.15, -0.1) is 0 Å². The summed E-state index contributed by atoms with van der Waals surface area (Å²) in [5.41, 5.74) is 0.840. The third-order valence-corrected chi connectivity index (χ3v) is 3.49. The third-order valence-electron chi connectivity index (χ3n) is 3.23. The zero-order chi connectivity index (χ0) is 16.1. The standard InChI is InChI=1S/C15H19ClN4O2/c1-4-20(10-14(21)19(2)3)9-13-17-15(18-22-13)11-5-7-12(16)8-6-11/h5-8H,4,9-10H2,1-3H3. The van der Waals surface area contributed by atoms with Gasteiger partial charge in [-0.2, -0.15) is 4.98 Å². The molecule has 0 fully saturated rings. The molecule has 0 bridgehead atoms. The van der Waals surface area contributed by atoms with Crippen LogP contribution in [0, 0.1) is 0 Å². The van der Waals surface area contributed by atoms with Gasteiger partial charge in [0.2, 0.25) is 17.6 Å². The van der Waals surface area contributed by atoms with E-state index in [1.165, 1.54) is 0 Å². The lowest BCUT2D eigenvalue weighted by atomic mass is 10.2. The topological polar surface area (TPSA) is 62.5 Å². The van der Waals surface area contributed by atoms with Crippen molar-refractivity contribution in [1.29, 1.82) is 0 Å². The number of hydrogen-bond donors (Lipinski definition) is 0. The van der Waals surface area contributed by atoms with Gasteiger partial charge in [-0.3, -0.25) is 9.69 Å². The summed E-state index contributed by atoms with van der Waals surface area (Å²) < 4.78 is 5.26. The molecule has 0 aliphatic carbocycles. The number of amides is 1. The Hall–Kier alpha value is -1.92. The molecule has 0 saturated carbocycles. The van der Waals surface area contributed by atoms with Crippen LogP contribution in [0.4, 0.5) is 0 Å². The molecule has 0 radical (unpaired) electrons. The predicted octanol–water partition coefficient (Wildman–Crippen LogP) is 2.30. The average molecular weight is 323 g/mol. The van der Waals surface area contributed by atoms with Crippen LogP contribution < -0.4 is 0 Å². The monoisotopic (exact) mass is 322 g/mol. The SMILES string of the molecule is CCN(CC(=O)N(C)C)Cc1nc(-c2ccc(Cl)cc2)no1. The molecular weight excluding hydrogens is 304 g/mol. The summed E-state index contributed by atoms with van der Waals surface area (Å²) in [6, 6.07) is 7.23. The van der Waals surface area contributed by atoms with Crippen LogP contribution in [0.5, 0.6) is 0 Å². The maximum absolute atomic E-state index is 11.8. The van der Waals surface area contributed by atoms with Crippen molar-refractivity contribution in [2.45, 2.75) is 13.5 Å². The summed E-state index contributed by atoms with van der Waals surface area (Å²) in [5, 5.41) is 4.63. The van der Waals surface area contributed by atoms with Gasteiger partial charge in [0, 0.05) is 24.7 Å². The van der Waals surface area contributed by atoms with Crippen LogP contribution in [0.2, 0.25) is 5.02 Å². The van der Waals surface area contributed by atoms with Crippen LogP contribution in [0.1, 0.15) is 12.8 Å². The molecule has 0 aliphatic rings. The van der Waals surface area contributed by atoms with E-state index in [-0.39, 0.29) is 5.91 Å². The second-order valence-corrected chi connectivity index (χ2v) is 5.55. The van der Waals surface area contributed by atoms with Gasteiger partial charge >= 0.3 is 0 Å². The summed E-state index contributed by atoms with van der Waals surface area (Å²) in [6.45, 7) is 3.47. The zero-order valence-corrected chi connectivity index (χ0v) is 13.7. The first-order chi connectivity index (χ1) is 10.5. The first-order valence-electron chi connectivity index (χ1n) is 7.00. The Morgan fingerprint density at radius 2 is 1.95 bits per heavy atom. The molecule has 0 unspecified atom stereocenters. The molecule has 1 aromatic carbocycles. The molecule has 7 heteroatoms. The number of halogens is 1. The van der Waals surface area contributed by atoms with Gasteiger partial charge in [0.05, 0.1) is 13.1 Å². The van der Waals surface area contributed by atoms with Crippen LogP contribution in [0.15, 0.2) is 28.8 Å². The molecule has 1 aromatic heterocycles. The maximum atomic E-state index is 11.8. The van der Waals surface area contributed by atoms with Crippen LogP contribution in [-0.2, 0) is 11.3 Å². The Morgan fingerprint density at radius 3 is 2.55 bits per heavy atom. The molecule has 6 nitrogen and oxygen atoms in total. The van der Waals surface area contributed by atoms with Gasteiger partial charge in [0.1, 0.15) is 0 Å². The second-order valence-electron chi connectivity index (χ2n) is 5.11. The fourth-order valence-electron chi connectivity index (χ4n) is 1.84. The van der Waals surface area contributed by atoms with Crippen molar-refractivity contribution in [2.24, 2.45) is 0 Å². The highest BCUT2D eigenvalue weighted by atomic mass is 35.5. The van der Waals surface area contributed by atoms with Gasteiger partial charge in [0.15, 0.2) is 0 Å². The Labute approximate surface area is 134 Å². The average Bonchev–Trinajstić information content (AvgIpc) is 2.95. The normalized spacial score (nSPS) is 11.0. The Bertz CT molecular complexity index is 625. The fraction of sp³-hybridized carbons (Fsp3) is 0.400. The van der Waals surface area contributed by atoms with Crippen molar-refractivity contribution in [3.8, 4) is 11.4 Å². The Morgan fingerprint density at radius 1 is 1.27 bits per heavy atom. The van der Waals surface area contributed by atoms with E-state index in [1.54, 1.807) is 31.1 Å². The lowest BCUT2D eigenvalue weighted by molar-refractivity contribution is -0.130. The molecule has 0 atom stereocenters. The van der Waals surface area contributed by atoms with Crippen LogP contribution in [-0.4, -0.2) is 53.0 Å². The molecule has 2 rings (SSSR count). The van der Waals surface area contributed by atoms with Gasteiger partial charge in [-0.1, -0.05) is 23.7 Å². The minimum Gasteiger partial charge on any atom is -0.348 e. The first kappa shape index (κ1) is 16.5. The smallest absolute Gasteiger partial charge is 0.241 e. The molecule has 118 valence electrons. The third kappa shape index (κ3) is 4.29. The van der Waals surface area contributed by atoms with Crippen LogP contribution >= 0.6 is 11.6 Å². The largest absolute Gasteiger partial charge is 0.348 e. The van der Waals surface area contributed by atoms with Gasteiger partial charge in [-0.25, -0.2) is 0 Å². The number of likely N-dealkylation sites (N-methyl/N-ethyl adjacent to an activating group) is 2. The Balaban J connectivity index is 2.04. The van der Waals surface area contributed by atoms with Crippen molar-refractivity contribution in [2.75, 3.05) is 27.2 Å². The molecular formula is C15H19ClN4O2. The first-order valence-corrected chi connectivity index (χ1v) is 7.38. The van der Waals surface area contributed by atoms with Crippen molar-refractivity contribution < 1.29 is 9.32 Å². The van der Waals surface area contributed by atoms with E-state index in [0.717, 1.165) is 12.1 Å².